The number of rotatable bonds is 5. The largest absolute Gasteiger partial charge is 0.507 e. The van der Waals surface area contributed by atoms with Crippen molar-refractivity contribution in [1.29, 1.82) is 0 Å². The minimum absolute atomic E-state index is 0.126. The zero-order valence-corrected chi connectivity index (χ0v) is 14.7. The number of aryl methyl sites for hydroxylation is 1. The second-order valence-electron chi connectivity index (χ2n) is 6.29. The maximum atomic E-state index is 12.2. The summed E-state index contributed by atoms with van der Waals surface area (Å²) in [5.74, 6) is -0.0516. The van der Waals surface area contributed by atoms with Gasteiger partial charge in [0.15, 0.2) is 0 Å². The second kappa shape index (κ2) is 7.33. The van der Waals surface area contributed by atoms with Crippen molar-refractivity contribution in [2.24, 2.45) is 5.10 Å². The van der Waals surface area contributed by atoms with Crippen LogP contribution in [0.3, 0.4) is 0 Å². The molecule has 0 bridgehead atoms. The Kier molecular flexibility index (Phi) is 4.58. The fourth-order valence-corrected chi connectivity index (χ4v) is 3.28. The number of aromatic hydroxyl groups is 1. The zero-order valence-electron chi connectivity index (χ0n) is 14.7. The number of carbonyl (C=O) groups excluding carboxylic acids is 1. The molecule has 0 aliphatic heterocycles. The Morgan fingerprint density at radius 3 is 2.19 bits per heavy atom. The number of carbonyl (C=O) groups is 1. The minimum Gasteiger partial charge on any atom is -0.507 e. The van der Waals surface area contributed by atoms with Gasteiger partial charge in [-0.1, -0.05) is 48.5 Å². The number of amides is 1. The van der Waals surface area contributed by atoms with Crippen molar-refractivity contribution in [3.8, 4) is 5.75 Å². The van der Waals surface area contributed by atoms with Crippen molar-refractivity contribution in [3.63, 3.8) is 0 Å². The monoisotopic (exact) mass is 357 g/mol. The molecule has 0 fully saturated rings. The van der Waals surface area contributed by atoms with Gasteiger partial charge in [0.1, 0.15) is 5.75 Å². The molecule has 0 radical (unpaired) electrons. The van der Waals surface area contributed by atoms with E-state index in [0.717, 1.165) is 11.0 Å². The molecule has 5 heteroatoms. The minimum atomic E-state index is -0.177. The van der Waals surface area contributed by atoms with Crippen LogP contribution < -0.4 is 5.43 Å². The Hall–Kier alpha value is -3.60. The van der Waals surface area contributed by atoms with E-state index in [0.29, 0.717) is 18.5 Å². The zero-order chi connectivity index (χ0) is 18.6. The van der Waals surface area contributed by atoms with Crippen LogP contribution in [0, 0.1) is 0 Å². The molecule has 4 rings (SSSR count). The Labute approximate surface area is 156 Å². The van der Waals surface area contributed by atoms with Gasteiger partial charge in [0.25, 0.3) is 0 Å². The molecule has 5 nitrogen and oxygen atoms in total. The Balaban J connectivity index is 1.48. The van der Waals surface area contributed by atoms with Gasteiger partial charge in [0.2, 0.25) is 5.91 Å². The molecule has 1 amide bonds. The number of hydrogen-bond donors (Lipinski definition) is 2. The van der Waals surface area contributed by atoms with Gasteiger partial charge >= 0.3 is 0 Å². The molecule has 3 aromatic carbocycles. The number of para-hydroxylation sites is 3. The van der Waals surface area contributed by atoms with Gasteiger partial charge in [0.05, 0.1) is 6.21 Å². The molecule has 0 spiro atoms. The fourth-order valence-electron chi connectivity index (χ4n) is 3.28. The van der Waals surface area contributed by atoms with Crippen molar-refractivity contribution in [3.05, 3.63) is 78.4 Å². The highest BCUT2D eigenvalue weighted by Crippen LogP contribution is 2.28. The van der Waals surface area contributed by atoms with Crippen molar-refractivity contribution in [2.75, 3.05) is 0 Å². The summed E-state index contributed by atoms with van der Waals surface area (Å²) in [6.07, 6.45) is 1.74. The Morgan fingerprint density at radius 2 is 1.52 bits per heavy atom. The molecule has 0 saturated heterocycles. The Morgan fingerprint density at radius 1 is 0.926 bits per heavy atom. The lowest BCUT2D eigenvalue weighted by atomic mass is 10.2. The number of hydrogen-bond acceptors (Lipinski definition) is 3. The van der Waals surface area contributed by atoms with Crippen LogP contribution in [0.4, 0.5) is 0 Å². The topological polar surface area (TPSA) is 66.6 Å². The summed E-state index contributed by atoms with van der Waals surface area (Å²) in [6, 6.07) is 23.3. The lowest BCUT2D eigenvalue weighted by molar-refractivity contribution is -0.121. The number of phenols is 1. The van der Waals surface area contributed by atoms with Crippen molar-refractivity contribution < 1.29 is 9.90 Å². The molecule has 0 atom stereocenters. The molecule has 1 heterocycles. The molecule has 0 saturated carbocycles. The quantitative estimate of drug-likeness (QED) is 0.418. The van der Waals surface area contributed by atoms with E-state index >= 15 is 0 Å². The van der Waals surface area contributed by atoms with Gasteiger partial charge in [-0.2, -0.15) is 5.10 Å². The predicted octanol–water partition coefficient (Wildman–Crippen LogP) is 4.04. The van der Waals surface area contributed by atoms with Gasteiger partial charge in [-0.3, -0.25) is 4.79 Å². The first kappa shape index (κ1) is 16.8. The highest BCUT2D eigenvalue weighted by atomic mass is 16.3. The fraction of sp³-hybridized carbons (Fsp3) is 0.0909. The summed E-state index contributed by atoms with van der Waals surface area (Å²) in [6.45, 7) is 0.561. The average Bonchev–Trinajstić information content (AvgIpc) is 3.02. The van der Waals surface area contributed by atoms with E-state index in [-0.39, 0.29) is 11.7 Å². The van der Waals surface area contributed by atoms with E-state index in [4.69, 9.17) is 0 Å². The first-order valence-electron chi connectivity index (χ1n) is 8.80. The van der Waals surface area contributed by atoms with E-state index < -0.39 is 0 Å². The molecule has 0 aliphatic carbocycles. The number of aromatic nitrogens is 1. The van der Waals surface area contributed by atoms with Crippen molar-refractivity contribution in [1.82, 2.24) is 9.99 Å². The summed E-state index contributed by atoms with van der Waals surface area (Å²) < 4.78 is 2.16. The smallest absolute Gasteiger partial charge is 0.241 e. The molecular weight excluding hydrogens is 338 g/mol. The van der Waals surface area contributed by atoms with Gasteiger partial charge in [-0.25, -0.2) is 5.43 Å². The summed E-state index contributed by atoms with van der Waals surface area (Å²) in [5.41, 5.74) is 5.31. The second-order valence-corrected chi connectivity index (χ2v) is 6.29. The van der Waals surface area contributed by atoms with Crippen LogP contribution in [0.2, 0.25) is 0 Å². The molecule has 2 N–H and O–H groups in total. The lowest BCUT2D eigenvalue weighted by Gasteiger charge is -2.06. The standard InChI is InChI=1S/C22H19N3O2/c26-21-12-6-1-7-16(21)15-23-24-22(27)13-14-25-19-10-4-2-8-17(19)18-9-3-5-11-20(18)25/h1-12,15,26H,13-14H2,(H,24,27). The van der Waals surface area contributed by atoms with Gasteiger partial charge < -0.3 is 9.67 Å². The maximum Gasteiger partial charge on any atom is 0.241 e. The van der Waals surface area contributed by atoms with Crippen LogP contribution in [-0.4, -0.2) is 21.8 Å². The number of benzene rings is 3. The van der Waals surface area contributed by atoms with Gasteiger partial charge in [-0.15, -0.1) is 0 Å². The van der Waals surface area contributed by atoms with E-state index in [2.05, 4.69) is 39.4 Å². The summed E-state index contributed by atoms with van der Waals surface area (Å²) in [7, 11) is 0. The molecule has 0 unspecified atom stereocenters. The SMILES string of the molecule is O=C(CCn1c2ccccc2c2ccccc21)NN=Cc1ccccc1O. The van der Waals surface area contributed by atoms with Gasteiger partial charge in [0, 0.05) is 40.3 Å². The van der Waals surface area contributed by atoms with E-state index in [1.54, 1.807) is 24.3 Å². The summed E-state index contributed by atoms with van der Waals surface area (Å²) >= 11 is 0. The first-order chi connectivity index (χ1) is 13.2. The number of hydrazone groups is 1. The van der Waals surface area contributed by atoms with Crippen LogP contribution in [0.1, 0.15) is 12.0 Å². The van der Waals surface area contributed by atoms with Crippen LogP contribution in [0.15, 0.2) is 77.9 Å². The molecule has 0 aliphatic rings. The molecular formula is C22H19N3O2. The van der Waals surface area contributed by atoms with Crippen LogP contribution in [0.25, 0.3) is 21.8 Å². The number of nitrogens with one attached hydrogen (secondary N) is 1. The van der Waals surface area contributed by atoms with E-state index in [1.165, 1.54) is 17.0 Å². The van der Waals surface area contributed by atoms with Gasteiger partial charge in [-0.05, 0) is 24.3 Å². The number of nitrogens with zero attached hydrogens (tertiary/aromatic N) is 2. The Bertz CT molecular complexity index is 1090. The molecule has 134 valence electrons. The summed E-state index contributed by atoms with van der Waals surface area (Å²) in [4.78, 5) is 12.2. The van der Waals surface area contributed by atoms with Crippen LogP contribution >= 0.6 is 0 Å². The summed E-state index contributed by atoms with van der Waals surface area (Å²) in [5, 5.41) is 16.0. The lowest BCUT2D eigenvalue weighted by Crippen LogP contribution is -2.19. The van der Waals surface area contributed by atoms with Crippen molar-refractivity contribution in [2.45, 2.75) is 13.0 Å². The predicted molar refractivity (Wildman–Crippen MR) is 108 cm³/mol. The third-order valence-electron chi connectivity index (χ3n) is 4.57. The molecule has 1 aromatic heterocycles. The normalized spacial score (nSPS) is 11.4. The third kappa shape index (κ3) is 3.40. The maximum absolute atomic E-state index is 12.2. The number of fused-ring (bicyclic) bond motifs is 3. The average molecular weight is 357 g/mol. The third-order valence-corrected chi connectivity index (χ3v) is 4.57. The first-order valence-corrected chi connectivity index (χ1v) is 8.80. The van der Waals surface area contributed by atoms with Crippen molar-refractivity contribution >= 4 is 33.9 Å². The molecule has 27 heavy (non-hydrogen) atoms. The molecule has 4 aromatic rings. The van der Waals surface area contributed by atoms with E-state index in [1.807, 2.05) is 24.3 Å². The van der Waals surface area contributed by atoms with E-state index in [9.17, 15) is 9.90 Å². The highest BCUT2D eigenvalue weighted by Gasteiger charge is 2.10. The number of phenolic OH excluding ortho intramolecular Hbond substituents is 1. The highest BCUT2D eigenvalue weighted by molar-refractivity contribution is 6.08. The van der Waals surface area contributed by atoms with Crippen LogP contribution in [0.5, 0.6) is 5.75 Å². The van der Waals surface area contributed by atoms with Crippen LogP contribution in [-0.2, 0) is 11.3 Å².